The van der Waals surface area contributed by atoms with E-state index in [-0.39, 0.29) is 5.82 Å². The number of benzene rings is 1. The van der Waals surface area contributed by atoms with E-state index in [9.17, 15) is 4.39 Å². The van der Waals surface area contributed by atoms with Gasteiger partial charge in [0, 0.05) is 19.0 Å². The number of rotatable bonds is 1. The van der Waals surface area contributed by atoms with Gasteiger partial charge < -0.3 is 0 Å². The Kier molecular flexibility index (Phi) is 2.90. The predicted molar refractivity (Wildman–Crippen MR) is 67.1 cm³/mol. The molecule has 0 saturated carbocycles. The first kappa shape index (κ1) is 9.86. The normalized spacial score (nSPS) is 11.0. The molecule has 1 aromatic carbocycles. The standard InChI is InChI=1S/C9H5BrFIS/c10-4-8-9(11)6-3-5(12)1-2-7(6)13-8/h1-3H,4H2. The number of thiophene rings is 1. The van der Waals surface area contributed by atoms with Crippen molar-refractivity contribution < 1.29 is 4.39 Å². The molecular weight excluding hydrogens is 366 g/mol. The third kappa shape index (κ3) is 1.76. The minimum Gasteiger partial charge on any atom is -0.205 e. The highest BCUT2D eigenvalue weighted by molar-refractivity contribution is 14.1. The zero-order valence-corrected chi connectivity index (χ0v) is 11.0. The third-order valence-electron chi connectivity index (χ3n) is 1.78. The molecule has 4 heteroatoms. The van der Waals surface area contributed by atoms with E-state index in [4.69, 9.17) is 0 Å². The van der Waals surface area contributed by atoms with Crippen LogP contribution in [0.1, 0.15) is 4.88 Å². The summed E-state index contributed by atoms with van der Waals surface area (Å²) in [5, 5.41) is 1.33. The number of hydrogen-bond donors (Lipinski definition) is 0. The van der Waals surface area contributed by atoms with Crippen LogP contribution in [0, 0.1) is 9.39 Å². The quantitative estimate of drug-likeness (QED) is 0.510. The summed E-state index contributed by atoms with van der Waals surface area (Å²) in [6.45, 7) is 0. The molecule has 2 aromatic rings. The Morgan fingerprint density at radius 3 is 2.92 bits per heavy atom. The first-order valence-corrected chi connectivity index (χ1v) is 6.66. The van der Waals surface area contributed by atoms with Gasteiger partial charge in [-0.05, 0) is 40.8 Å². The van der Waals surface area contributed by atoms with Gasteiger partial charge in [0.2, 0.25) is 0 Å². The van der Waals surface area contributed by atoms with Gasteiger partial charge in [-0.25, -0.2) is 4.39 Å². The lowest BCUT2D eigenvalue weighted by atomic mass is 10.2. The predicted octanol–water partition coefficient (Wildman–Crippen LogP) is 4.54. The molecule has 0 atom stereocenters. The van der Waals surface area contributed by atoms with Gasteiger partial charge in [0.25, 0.3) is 0 Å². The van der Waals surface area contributed by atoms with Crippen LogP contribution >= 0.6 is 49.9 Å². The van der Waals surface area contributed by atoms with Crippen LogP contribution in [0.2, 0.25) is 0 Å². The SMILES string of the molecule is Fc1c(CBr)sc2ccc(I)cc12. The van der Waals surface area contributed by atoms with Gasteiger partial charge >= 0.3 is 0 Å². The molecule has 0 unspecified atom stereocenters. The van der Waals surface area contributed by atoms with Crippen LogP contribution in [0.15, 0.2) is 18.2 Å². The maximum absolute atomic E-state index is 13.6. The molecule has 0 bridgehead atoms. The van der Waals surface area contributed by atoms with Gasteiger partial charge in [0.05, 0.1) is 4.88 Å². The van der Waals surface area contributed by atoms with Crippen molar-refractivity contribution in [1.82, 2.24) is 0 Å². The molecule has 0 N–H and O–H groups in total. The monoisotopic (exact) mass is 370 g/mol. The summed E-state index contributed by atoms with van der Waals surface area (Å²) >= 11 is 6.97. The molecule has 0 amide bonds. The molecule has 0 spiro atoms. The second kappa shape index (κ2) is 3.82. The Morgan fingerprint density at radius 2 is 2.23 bits per heavy atom. The summed E-state index contributed by atoms with van der Waals surface area (Å²) in [4.78, 5) is 0.775. The minimum absolute atomic E-state index is 0.0737. The largest absolute Gasteiger partial charge is 0.205 e. The van der Waals surface area contributed by atoms with E-state index in [2.05, 4.69) is 38.5 Å². The van der Waals surface area contributed by atoms with Crippen LogP contribution in [0.25, 0.3) is 10.1 Å². The van der Waals surface area contributed by atoms with E-state index in [1.54, 1.807) is 0 Å². The Hall–Kier alpha value is 0.320. The zero-order valence-electron chi connectivity index (χ0n) is 6.48. The fourth-order valence-electron chi connectivity index (χ4n) is 1.18. The van der Waals surface area contributed by atoms with Gasteiger partial charge in [-0.15, -0.1) is 11.3 Å². The molecule has 1 heterocycles. The van der Waals surface area contributed by atoms with Gasteiger partial charge in [-0.3, -0.25) is 0 Å². The summed E-state index contributed by atoms with van der Waals surface area (Å²) in [6, 6.07) is 5.85. The van der Waals surface area contributed by atoms with Crippen molar-refractivity contribution in [2.45, 2.75) is 5.33 Å². The van der Waals surface area contributed by atoms with Crippen molar-refractivity contribution in [3.8, 4) is 0 Å². The van der Waals surface area contributed by atoms with Crippen molar-refractivity contribution in [2.75, 3.05) is 0 Å². The van der Waals surface area contributed by atoms with Gasteiger partial charge in [0.1, 0.15) is 5.82 Å². The molecule has 0 aliphatic carbocycles. The summed E-state index contributed by atoms with van der Waals surface area (Å²) in [6.07, 6.45) is 0. The number of hydrogen-bond acceptors (Lipinski definition) is 1. The maximum Gasteiger partial charge on any atom is 0.145 e. The highest BCUT2D eigenvalue weighted by Gasteiger charge is 2.10. The topological polar surface area (TPSA) is 0 Å². The van der Waals surface area contributed by atoms with Crippen LogP contribution in [-0.4, -0.2) is 0 Å². The molecule has 13 heavy (non-hydrogen) atoms. The molecule has 68 valence electrons. The van der Waals surface area contributed by atoms with E-state index in [0.29, 0.717) is 5.33 Å². The van der Waals surface area contributed by atoms with E-state index >= 15 is 0 Å². The van der Waals surface area contributed by atoms with Crippen molar-refractivity contribution in [3.05, 3.63) is 32.5 Å². The molecule has 0 nitrogen and oxygen atoms in total. The van der Waals surface area contributed by atoms with Crippen LogP contribution in [0.5, 0.6) is 0 Å². The lowest BCUT2D eigenvalue weighted by Crippen LogP contribution is -1.76. The van der Waals surface area contributed by atoms with Crippen LogP contribution in [-0.2, 0) is 5.33 Å². The smallest absolute Gasteiger partial charge is 0.145 e. The lowest BCUT2D eigenvalue weighted by Gasteiger charge is -1.90. The average molecular weight is 371 g/mol. The lowest BCUT2D eigenvalue weighted by molar-refractivity contribution is 0.636. The Bertz CT molecular complexity index is 452. The molecule has 0 aliphatic rings. The first-order valence-electron chi connectivity index (χ1n) is 3.65. The summed E-state index contributed by atoms with van der Waals surface area (Å²) in [7, 11) is 0. The third-order valence-corrected chi connectivity index (χ3v) is 4.53. The molecular formula is C9H5BrFIS. The fourth-order valence-corrected chi connectivity index (χ4v) is 3.17. The van der Waals surface area contributed by atoms with Crippen molar-refractivity contribution in [2.24, 2.45) is 0 Å². The van der Waals surface area contributed by atoms with Gasteiger partial charge in [0.15, 0.2) is 0 Å². The molecule has 1 aromatic heterocycles. The highest BCUT2D eigenvalue weighted by Crippen LogP contribution is 2.32. The van der Waals surface area contributed by atoms with Gasteiger partial charge in [-0.1, -0.05) is 15.9 Å². The summed E-state index contributed by atoms with van der Waals surface area (Å²) in [5.41, 5.74) is 0. The molecule has 0 saturated heterocycles. The number of halogens is 3. The Balaban J connectivity index is 2.77. The average Bonchev–Trinajstić information content (AvgIpc) is 2.44. The minimum atomic E-state index is -0.0737. The van der Waals surface area contributed by atoms with E-state index in [0.717, 1.165) is 18.5 Å². The van der Waals surface area contributed by atoms with Crippen molar-refractivity contribution in [3.63, 3.8) is 0 Å². The maximum atomic E-state index is 13.6. The first-order chi connectivity index (χ1) is 6.22. The second-order valence-electron chi connectivity index (χ2n) is 2.61. The highest BCUT2D eigenvalue weighted by atomic mass is 127. The fraction of sp³-hybridized carbons (Fsp3) is 0.111. The van der Waals surface area contributed by atoms with Crippen molar-refractivity contribution in [1.29, 1.82) is 0 Å². The second-order valence-corrected chi connectivity index (χ2v) is 5.56. The van der Waals surface area contributed by atoms with Gasteiger partial charge in [-0.2, -0.15) is 0 Å². The summed E-state index contributed by atoms with van der Waals surface area (Å²) in [5.74, 6) is -0.0737. The Morgan fingerprint density at radius 1 is 1.46 bits per heavy atom. The Labute approximate surface area is 101 Å². The summed E-state index contributed by atoms with van der Waals surface area (Å²) < 4.78 is 15.7. The van der Waals surface area contributed by atoms with Crippen LogP contribution < -0.4 is 0 Å². The van der Waals surface area contributed by atoms with E-state index < -0.39 is 0 Å². The number of alkyl halides is 1. The molecule has 2 rings (SSSR count). The molecule has 0 radical (unpaired) electrons. The number of fused-ring (bicyclic) bond motifs is 1. The van der Waals surface area contributed by atoms with E-state index in [1.807, 2.05) is 18.2 Å². The zero-order chi connectivity index (χ0) is 9.42. The van der Waals surface area contributed by atoms with Crippen LogP contribution in [0.4, 0.5) is 4.39 Å². The molecule has 0 fully saturated rings. The van der Waals surface area contributed by atoms with E-state index in [1.165, 1.54) is 11.3 Å². The van der Waals surface area contributed by atoms with Crippen molar-refractivity contribution >= 4 is 59.9 Å². The molecule has 0 aliphatic heterocycles. The van der Waals surface area contributed by atoms with Crippen LogP contribution in [0.3, 0.4) is 0 Å².